The van der Waals surface area contributed by atoms with Crippen LogP contribution in [0.15, 0.2) is 28.6 Å². The van der Waals surface area contributed by atoms with Crippen molar-refractivity contribution in [2.24, 2.45) is 0 Å². The molecule has 2 rings (SSSR count). The van der Waals surface area contributed by atoms with E-state index in [4.69, 9.17) is 0 Å². The molecule has 6 nitrogen and oxygen atoms in total. The number of hydrogen-bond donors (Lipinski definition) is 0. The maximum atomic E-state index is 12.6. The molecule has 0 unspecified atom stereocenters. The lowest BCUT2D eigenvalue weighted by molar-refractivity contribution is 0.553. The summed E-state index contributed by atoms with van der Waals surface area (Å²) in [6.07, 6.45) is 5.76. The minimum Gasteiger partial charge on any atom is -0.324 e. The quantitative estimate of drug-likeness (QED) is 0.730. The van der Waals surface area contributed by atoms with E-state index in [2.05, 4.69) is 11.6 Å². The summed E-state index contributed by atoms with van der Waals surface area (Å²) in [6, 6.07) is 0. The first-order valence-electron chi connectivity index (χ1n) is 7.45. The van der Waals surface area contributed by atoms with Crippen molar-refractivity contribution < 1.29 is 0 Å². The molecule has 0 aromatic carbocycles. The predicted octanol–water partition coefficient (Wildman–Crippen LogP) is 1.76. The molecule has 0 saturated heterocycles. The molecule has 0 N–H and O–H groups in total. The Morgan fingerprint density at radius 1 is 1.14 bits per heavy atom. The number of imidazole rings is 1. The van der Waals surface area contributed by atoms with Crippen LogP contribution in [0.4, 0.5) is 0 Å². The molecule has 0 radical (unpaired) electrons. The Morgan fingerprint density at radius 2 is 1.81 bits per heavy atom. The van der Waals surface area contributed by atoms with Gasteiger partial charge in [-0.2, -0.15) is 0 Å². The van der Waals surface area contributed by atoms with Gasteiger partial charge in [-0.25, -0.2) is 9.78 Å². The second kappa shape index (κ2) is 6.56. The summed E-state index contributed by atoms with van der Waals surface area (Å²) in [5.74, 6) is 0. The van der Waals surface area contributed by atoms with Gasteiger partial charge < -0.3 is 4.57 Å². The highest BCUT2D eigenvalue weighted by Crippen LogP contribution is 2.08. The van der Waals surface area contributed by atoms with Gasteiger partial charge in [0.1, 0.15) is 0 Å². The van der Waals surface area contributed by atoms with Crippen molar-refractivity contribution >= 4 is 11.2 Å². The van der Waals surface area contributed by atoms with E-state index in [0.717, 1.165) is 19.3 Å². The van der Waals surface area contributed by atoms with Crippen LogP contribution in [0.1, 0.15) is 33.1 Å². The summed E-state index contributed by atoms with van der Waals surface area (Å²) >= 11 is 0. The van der Waals surface area contributed by atoms with Gasteiger partial charge in [-0.15, -0.1) is 6.58 Å². The third-order valence-electron chi connectivity index (χ3n) is 3.45. The van der Waals surface area contributed by atoms with Gasteiger partial charge in [-0.3, -0.25) is 13.9 Å². The van der Waals surface area contributed by atoms with Crippen LogP contribution in [0.5, 0.6) is 0 Å². The molecule has 6 heteroatoms. The predicted molar refractivity (Wildman–Crippen MR) is 83.6 cm³/mol. The molecule has 21 heavy (non-hydrogen) atoms. The van der Waals surface area contributed by atoms with Crippen LogP contribution < -0.4 is 11.2 Å². The highest BCUT2D eigenvalue weighted by Gasteiger charge is 2.16. The van der Waals surface area contributed by atoms with E-state index in [1.54, 1.807) is 17.0 Å². The molecule has 0 aliphatic rings. The monoisotopic (exact) mass is 290 g/mol. The van der Waals surface area contributed by atoms with E-state index in [1.165, 1.54) is 4.57 Å². The Hall–Kier alpha value is -2.11. The van der Waals surface area contributed by atoms with Gasteiger partial charge in [0.2, 0.25) is 0 Å². The van der Waals surface area contributed by atoms with E-state index >= 15 is 0 Å². The minimum absolute atomic E-state index is 0.245. The number of fused-ring (bicyclic) bond motifs is 1. The number of rotatable bonds is 7. The fourth-order valence-corrected chi connectivity index (χ4v) is 2.48. The van der Waals surface area contributed by atoms with Crippen LogP contribution in [0.2, 0.25) is 0 Å². The standard InChI is InChI=1S/C15H22N4O2/c1-4-7-10-17-11-16-13-12(17)14(20)19(9-6-3)15(21)18(13)8-5-2/h4,11H,1,5-10H2,2-3H3. The minimum atomic E-state index is -0.259. The first-order chi connectivity index (χ1) is 10.2. The van der Waals surface area contributed by atoms with Gasteiger partial charge in [0, 0.05) is 19.6 Å². The van der Waals surface area contributed by atoms with Crippen LogP contribution in [0.25, 0.3) is 11.2 Å². The molecule has 0 atom stereocenters. The van der Waals surface area contributed by atoms with Crippen LogP contribution in [-0.4, -0.2) is 18.7 Å². The van der Waals surface area contributed by atoms with E-state index in [0.29, 0.717) is 30.8 Å². The van der Waals surface area contributed by atoms with Gasteiger partial charge in [0.25, 0.3) is 5.56 Å². The van der Waals surface area contributed by atoms with Crippen molar-refractivity contribution in [1.82, 2.24) is 18.7 Å². The summed E-state index contributed by atoms with van der Waals surface area (Å²) in [5, 5.41) is 0. The van der Waals surface area contributed by atoms with Gasteiger partial charge >= 0.3 is 5.69 Å². The van der Waals surface area contributed by atoms with Crippen molar-refractivity contribution in [2.45, 2.75) is 52.7 Å². The fourth-order valence-electron chi connectivity index (χ4n) is 2.48. The Morgan fingerprint density at radius 3 is 2.43 bits per heavy atom. The van der Waals surface area contributed by atoms with Crippen LogP contribution in [-0.2, 0) is 19.6 Å². The average molecular weight is 290 g/mol. The van der Waals surface area contributed by atoms with Crippen molar-refractivity contribution in [3.8, 4) is 0 Å². The molecule has 2 heterocycles. The van der Waals surface area contributed by atoms with E-state index in [-0.39, 0.29) is 11.2 Å². The molecule has 0 amide bonds. The Kier molecular flexibility index (Phi) is 4.77. The van der Waals surface area contributed by atoms with Crippen LogP contribution in [0, 0.1) is 0 Å². The SMILES string of the molecule is C=CCCn1cnc2c1c(=O)n(CCC)c(=O)n2CCC. The molecule has 2 aromatic heterocycles. The third kappa shape index (κ3) is 2.70. The van der Waals surface area contributed by atoms with Gasteiger partial charge in [-0.1, -0.05) is 19.9 Å². The first kappa shape index (κ1) is 15.3. The fraction of sp³-hybridized carbons (Fsp3) is 0.533. The van der Waals surface area contributed by atoms with Crippen molar-refractivity contribution in [1.29, 1.82) is 0 Å². The Balaban J connectivity index is 2.76. The van der Waals surface area contributed by atoms with Crippen LogP contribution >= 0.6 is 0 Å². The zero-order chi connectivity index (χ0) is 15.4. The summed E-state index contributed by atoms with van der Waals surface area (Å²) in [4.78, 5) is 29.4. The lowest BCUT2D eigenvalue weighted by atomic mass is 10.4. The molecule has 0 aliphatic carbocycles. The normalized spacial score (nSPS) is 11.1. The highest BCUT2D eigenvalue weighted by molar-refractivity contribution is 5.70. The number of allylic oxidation sites excluding steroid dienone is 1. The van der Waals surface area contributed by atoms with Gasteiger partial charge in [-0.05, 0) is 19.3 Å². The lowest BCUT2D eigenvalue weighted by Gasteiger charge is -2.11. The number of nitrogens with zero attached hydrogens (tertiary/aromatic N) is 4. The summed E-state index contributed by atoms with van der Waals surface area (Å²) in [5.41, 5.74) is 0.498. The molecule has 2 aromatic rings. The summed E-state index contributed by atoms with van der Waals surface area (Å²) < 4.78 is 4.75. The average Bonchev–Trinajstić information content (AvgIpc) is 2.89. The number of aromatic nitrogens is 4. The highest BCUT2D eigenvalue weighted by atomic mass is 16.2. The lowest BCUT2D eigenvalue weighted by Crippen LogP contribution is -2.40. The van der Waals surface area contributed by atoms with Crippen molar-refractivity contribution in [3.05, 3.63) is 39.8 Å². The number of aryl methyl sites for hydroxylation is 2. The number of hydrogen-bond acceptors (Lipinski definition) is 3. The zero-order valence-electron chi connectivity index (χ0n) is 12.7. The smallest absolute Gasteiger partial charge is 0.324 e. The van der Waals surface area contributed by atoms with E-state index in [1.807, 2.05) is 18.4 Å². The molecule has 114 valence electrons. The second-order valence-corrected chi connectivity index (χ2v) is 5.08. The Labute approximate surface area is 123 Å². The molecule has 0 saturated carbocycles. The molecule has 0 fully saturated rings. The Bertz CT molecular complexity index is 751. The van der Waals surface area contributed by atoms with E-state index < -0.39 is 0 Å². The van der Waals surface area contributed by atoms with Crippen molar-refractivity contribution in [2.75, 3.05) is 0 Å². The van der Waals surface area contributed by atoms with Crippen molar-refractivity contribution in [3.63, 3.8) is 0 Å². The van der Waals surface area contributed by atoms with E-state index in [9.17, 15) is 9.59 Å². The topological polar surface area (TPSA) is 61.8 Å². The molecule has 0 bridgehead atoms. The first-order valence-corrected chi connectivity index (χ1v) is 7.45. The molecular weight excluding hydrogens is 268 g/mol. The second-order valence-electron chi connectivity index (χ2n) is 5.08. The van der Waals surface area contributed by atoms with Gasteiger partial charge in [0.15, 0.2) is 11.2 Å². The van der Waals surface area contributed by atoms with Crippen LogP contribution in [0.3, 0.4) is 0 Å². The maximum Gasteiger partial charge on any atom is 0.332 e. The maximum absolute atomic E-state index is 12.6. The summed E-state index contributed by atoms with van der Waals surface area (Å²) in [7, 11) is 0. The molecule has 0 aliphatic heterocycles. The molecule has 0 spiro atoms. The zero-order valence-corrected chi connectivity index (χ0v) is 12.7. The summed E-state index contributed by atoms with van der Waals surface area (Å²) in [6.45, 7) is 9.30. The molecular formula is C15H22N4O2. The van der Waals surface area contributed by atoms with Gasteiger partial charge in [0.05, 0.1) is 6.33 Å². The largest absolute Gasteiger partial charge is 0.332 e. The third-order valence-corrected chi connectivity index (χ3v) is 3.45.